The predicted octanol–water partition coefficient (Wildman–Crippen LogP) is 2.77. The molecule has 0 amide bonds. The van der Waals surface area contributed by atoms with Crippen molar-refractivity contribution in [2.75, 3.05) is 0 Å². The average Bonchev–Trinajstić information content (AvgIpc) is 3.00. The van der Waals surface area contributed by atoms with Crippen molar-refractivity contribution in [3.63, 3.8) is 0 Å². The van der Waals surface area contributed by atoms with E-state index in [9.17, 15) is 0 Å². The molecule has 1 aromatic rings. The third kappa shape index (κ3) is 1.48. The van der Waals surface area contributed by atoms with Crippen LogP contribution in [0.15, 0.2) is 24.8 Å². The van der Waals surface area contributed by atoms with Crippen LogP contribution >= 0.6 is 0 Å². The molecule has 1 nitrogen and oxygen atoms in total. The topological polar surface area (TPSA) is 23.8 Å². The third-order valence-electron chi connectivity index (χ3n) is 2.39. The minimum Gasteiger partial charge on any atom is -0.192 e. The van der Waals surface area contributed by atoms with E-state index in [-0.39, 0.29) is 0 Å². The van der Waals surface area contributed by atoms with Crippen LogP contribution in [0.1, 0.15) is 35.4 Å². The maximum atomic E-state index is 8.70. The first-order valence-corrected chi connectivity index (χ1v) is 4.42. The van der Waals surface area contributed by atoms with Gasteiger partial charge in [-0.15, -0.1) is 0 Å². The Morgan fingerprint density at radius 3 is 2.69 bits per heavy atom. The first-order valence-electron chi connectivity index (χ1n) is 4.42. The maximum Gasteiger partial charge on any atom is 0.0991 e. The fraction of sp³-hybridized carbons (Fsp3) is 0.250. The Hall–Kier alpha value is -1.55. The summed E-state index contributed by atoms with van der Waals surface area (Å²) >= 11 is 0. The van der Waals surface area contributed by atoms with Gasteiger partial charge in [-0.05, 0) is 48.1 Å². The van der Waals surface area contributed by atoms with E-state index in [0.29, 0.717) is 11.5 Å². The van der Waals surface area contributed by atoms with Crippen LogP contribution in [0, 0.1) is 17.4 Å². The van der Waals surface area contributed by atoms with Gasteiger partial charge in [-0.25, -0.2) is 0 Å². The summed E-state index contributed by atoms with van der Waals surface area (Å²) in [6.45, 7) is 3.64. The molecular formula is C12H10N. The van der Waals surface area contributed by atoms with Crippen LogP contribution in [-0.2, 0) is 0 Å². The summed E-state index contributed by atoms with van der Waals surface area (Å²) in [4.78, 5) is 0. The Balaban J connectivity index is 2.46. The largest absolute Gasteiger partial charge is 0.192 e. The second-order valence-corrected chi connectivity index (χ2v) is 3.36. The van der Waals surface area contributed by atoms with E-state index >= 15 is 0 Å². The van der Waals surface area contributed by atoms with Crippen molar-refractivity contribution in [1.82, 2.24) is 0 Å². The highest BCUT2D eigenvalue weighted by Crippen LogP contribution is 2.41. The summed E-state index contributed by atoms with van der Waals surface area (Å²) in [6, 6.07) is 7.88. The number of hydrogen-bond acceptors (Lipinski definition) is 1. The lowest BCUT2D eigenvalue weighted by Crippen LogP contribution is -1.87. The van der Waals surface area contributed by atoms with Crippen LogP contribution in [-0.4, -0.2) is 0 Å². The zero-order valence-electron chi connectivity index (χ0n) is 7.38. The molecule has 0 bridgehead atoms. The first kappa shape index (κ1) is 8.07. The molecule has 1 aromatic carbocycles. The van der Waals surface area contributed by atoms with E-state index in [2.05, 4.69) is 18.7 Å². The highest BCUT2D eigenvalue weighted by Gasteiger charge is 2.25. The smallest absolute Gasteiger partial charge is 0.0991 e. The Morgan fingerprint density at radius 2 is 2.15 bits per heavy atom. The molecule has 0 saturated heterocycles. The van der Waals surface area contributed by atoms with Gasteiger partial charge in [0.2, 0.25) is 0 Å². The van der Waals surface area contributed by atoms with Crippen LogP contribution in [0.4, 0.5) is 0 Å². The molecule has 0 unspecified atom stereocenters. The molecule has 0 spiro atoms. The predicted molar refractivity (Wildman–Crippen MR) is 51.1 cm³/mol. The third-order valence-corrected chi connectivity index (χ3v) is 2.39. The lowest BCUT2D eigenvalue weighted by atomic mass is 10.0. The molecule has 0 N–H and O–H groups in total. The SMILES string of the molecule is C=[C]c1cc(C#N)ccc1C1CC1. The molecule has 0 aliphatic heterocycles. The van der Waals surface area contributed by atoms with Gasteiger partial charge in [0.1, 0.15) is 0 Å². The van der Waals surface area contributed by atoms with Gasteiger partial charge in [-0.2, -0.15) is 5.26 Å². The van der Waals surface area contributed by atoms with E-state index in [1.54, 1.807) is 0 Å². The van der Waals surface area contributed by atoms with Crippen LogP contribution in [0.2, 0.25) is 0 Å². The molecule has 0 heterocycles. The van der Waals surface area contributed by atoms with E-state index in [4.69, 9.17) is 5.26 Å². The monoisotopic (exact) mass is 168 g/mol. The van der Waals surface area contributed by atoms with Crippen LogP contribution in [0.5, 0.6) is 0 Å². The molecule has 1 heteroatoms. The van der Waals surface area contributed by atoms with E-state index in [0.717, 1.165) is 5.56 Å². The zero-order chi connectivity index (χ0) is 9.26. The zero-order valence-corrected chi connectivity index (χ0v) is 7.38. The lowest BCUT2D eigenvalue weighted by molar-refractivity contribution is 1.11. The van der Waals surface area contributed by atoms with Gasteiger partial charge in [0.15, 0.2) is 0 Å². The van der Waals surface area contributed by atoms with Crippen molar-refractivity contribution in [3.8, 4) is 6.07 Å². The van der Waals surface area contributed by atoms with Crippen molar-refractivity contribution < 1.29 is 0 Å². The van der Waals surface area contributed by atoms with Crippen molar-refractivity contribution in [2.24, 2.45) is 0 Å². The lowest BCUT2D eigenvalue weighted by Gasteiger charge is -2.03. The summed E-state index contributed by atoms with van der Waals surface area (Å²) in [5, 5.41) is 8.70. The molecule has 0 aromatic heterocycles. The first-order chi connectivity index (χ1) is 6.35. The van der Waals surface area contributed by atoms with E-state index < -0.39 is 0 Å². The van der Waals surface area contributed by atoms with Crippen LogP contribution < -0.4 is 0 Å². The Bertz CT molecular complexity index is 381. The van der Waals surface area contributed by atoms with Gasteiger partial charge in [-0.1, -0.05) is 12.6 Å². The van der Waals surface area contributed by atoms with Gasteiger partial charge in [0.05, 0.1) is 11.6 Å². The number of nitriles is 1. The van der Waals surface area contributed by atoms with Gasteiger partial charge in [0, 0.05) is 0 Å². The minimum absolute atomic E-state index is 0.690. The van der Waals surface area contributed by atoms with Crippen LogP contribution in [0.3, 0.4) is 0 Å². The number of rotatable bonds is 2. The summed E-state index contributed by atoms with van der Waals surface area (Å²) in [6.07, 6.45) is 5.42. The second kappa shape index (κ2) is 3.06. The molecule has 1 aliphatic rings. The number of nitrogens with zero attached hydrogens (tertiary/aromatic N) is 1. The molecule has 1 aliphatic carbocycles. The van der Waals surface area contributed by atoms with Crippen molar-refractivity contribution in [3.05, 3.63) is 47.5 Å². The van der Waals surface area contributed by atoms with Crippen molar-refractivity contribution in [2.45, 2.75) is 18.8 Å². The quantitative estimate of drug-likeness (QED) is 0.666. The summed E-state index contributed by atoms with van der Waals surface area (Å²) in [7, 11) is 0. The van der Waals surface area contributed by atoms with Gasteiger partial charge < -0.3 is 0 Å². The molecule has 0 atom stereocenters. The average molecular weight is 168 g/mol. The fourth-order valence-electron chi connectivity index (χ4n) is 1.53. The summed E-state index contributed by atoms with van der Waals surface area (Å²) in [5.74, 6) is 0.692. The standard InChI is InChI=1S/C12H10N/c1-2-10-7-9(8-13)3-6-12(10)11-4-5-11/h3,6-7,11H,1,4-5H2. The maximum absolute atomic E-state index is 8.70. The fourth-order valence-corrected chi connectivity index (χ4v) is 1.53. The number of benzene rings is 1. The van der Waals surface area contributed by atoms with Gasteiger partial charge >= 0.3 is 0 Å². The Labute approximate surface area is 78.3 Å². The molecule has 2 rings (SSSR count). The number of hydrogen-bond donors (Lipinski definition) is 0. The van der Waals surface area contributed by atoms with Crippen molar-refractivity contribution >= 4 is 0 Å². The van der Waals surface area contributed by atoms with Crippen LogP contribution in [0.25, 0.3) is 0 Å². The van der Waals surface area contributed by atoms with Gasteiger partial charge in [0.25, 0.3) is 0 Å². The highest BCUT2D eigenvalue weighted by molar-refractivity contribution is 5.43. The molecule has 1 saturated carbocycles. The molecular weight excluding hydrogens is 158 g/mol. The Kier molecular flexibility index (Phi) is 1.90. The summed E-state index contributed by atoms with van der Waals surface area (Å²) in [5.41, 5.74) is 2.99. The normalized spacial score (nSPS) is 15.0. The van der Waals surface area contributed by atoms with E-state index in [1.165, 1.54) is 18.4 Å². The Morgan fingerprint density at radius 1 is 1.38 bits per heavy atom. The summed E-state index contributed by atoms with van der Waals surface area (Å²) < 4.78 is 0. The van der Waals surface area contributed by atoms with Gasteiger partial charge in [-0.3, -0.25) is 0 Å². The molecule has 13 heavy (non-hydrogen) atoms. The molecule has 1 fully saturated rings. The minimum atomic E-state index is 0.690. The van der Waals surface area contributed by atoms with Crippen molar-refractivity contribution in [1.29, 1.82) is 5.26 Å². The van der Waals surface area contributed by atoms with E-state index in [1.807, 2.05) is 18.2 Å². The second-order valence-electron chi connectivity index (χ2n) is 3.36. The molecule has 1 radical (unpaired) electrons. The molecule has 63 valence electrons. The highest BCUT2D eigenvalue weighted by atomic mass is 14.3.